The van der Waals surface area contributed by atoms with Crippen molar-refractivity contribution >= 4 is 0 Å². The van der Waals surface area contributed by atoms with Crippen molar-refractivity contribution in [1.29, 1.82) is 0 Å². The van der Waals surface area contributed by atoms with Crippen LogP contribution >= 0.6 is 0 Å². The average Bonchev–Trinajstić information content (AvgIpc) is 2.77. The molecule has 1 saturated carbocycles. The largest absolute Gasteiger partial charge is 0.314 e. The lowest BCUT2D eigenvalue weighted by atomic mass is 9.84. The zero-order valence-electron chi connectivity index (χ0n) is 10.5. The summed E-state index contributed by atoms with van der Waals surface area (Å²) in [6.07, 6.45) is 6.54. The minimum Gasteiger partial charge on any atom is -0.314 e. The van der Waals surface area contributed by atoms with Crippen LogP contribution in [0, 0.1) is 5.41 Å². The van der Waals surface area contributed by atoms with Crippen molar-refractivity contribution in [3.8, 4) is 0 Å². The van der Waals surface area contributed by atoms with Crippen molar-refractivity contribution in [3.63, 3.8) is 0 Å². The van der Waals surface area contributed by atoms with E-state index >= 15 is 0 Å². The van der Waals surface area contributed by atoms with Gasteiger partial charge in [-0.2, -0.15) is 5.10 Å². The number of aryl methyl sites for hydroxylation is 1. The maximum absolute atomic E-state index is 4.33. The molecule has 4 nitrogen and oxygen atoms in total. The molecule has 0 saturated heterocycles. The highest BCUT2D eigenvalue weighted by Gasteiger charge is 2.35. The Labute approximate surface area is 97.5 Å². The molecule has 1 aromatic rings. The average molecular weight is 222 g/mol. The molecule has 0 radical (unpaired) electrons. The normalized spacial score (nSPS) is 29.8. The van der Waals surface area contributed by atoms with Gasteiger partial charge in [0.25, 0.3) is 0 Å². The van der Waals surface area contributed by atoms with Gasteiger partial charge in [-0.25, -0.2) is 4.98 Å². The summed E-state index contributed by atoms with van der Waals surface area (Å²) in [6, 6.07) is 0.697. The Morgan fingerprint density at radius 2 is 2.44 bits per heavy atom. The first-order chi connectivity index (χ1) is 7.63. The fourth-order valence-electron chi connectivity index (χ4n) is 2.81. The van der Waals surface area contributed by atoms with Crippen LogP contribution in [0.2, 0.25) is 0 Å². The molecular formula is C12H22N4. The predicted octanol–water partition coefficient (Wildman–Crippen LogP) is 1.53. The molecule has 90 valence electrons. The Morgan fingerprint density at radius 1 is 1.62 bits per heavy atom. The summed E-state index contributed by atoms with van der Waals surface area (Å²) in [5.74, 6) is 1.11. The minimum absolute atomic E-state index is 0.396. The highest BCUT2D eigenvalue weighted by molar-refractivity contribution is 4.97. The van der Waals surface area contributed by atoms with Gasteiger partial charge in [0, 0.05) is 19.5 Å². The molecule has 4 heteroatoms. The van der Waals surface area contributed by atoms with Crippen molar-refractivity contribution in [3.05, 3.63) is 12.2 Å². The summed E-state index contributed by atoms with van der Waals surface area (Å²) in [4.78, 5) is 4.33. The smallest absolute Gasteiger partial charge is 0.138 e. The van der Waals surface area contributed by atoms with Gasteiger partial charge in [0.15, 0.2) is 0 Å². The van der Waals surface area contributed by atoms with Gasteiger partial charge >= 0.3 is 0 Å². The first kappa shape index (κ1) is 11.6. The third-order valence-electron chi connectivity index (χ3n) is 3.72. The standard InChI is InChI=1S/C12H22N4/c1-4-13-10-5-6-12(2,7-10)8-11-14-9-15-16(11)3/h9-10,13H,4-8H2,1-3H3. The van der Waals surface area contributed by atoms with Crippen molar-refractivity contribution in [2.75, 3.05) is 6.54 Å². The second-order valence-corrected chi connectivity index (χ2v) is 5.28. The molecule has 16 heavy (non-hydrogen) atoms. The monoisotopic (exact) mass is 222 g/mol. The number of aromatic nitrogens is 3. The molecule has 0 spiro atoms. The van der Waals surface area contributed by atoms with Gasteiger partial charge in [0.1, 0.15) is 12.2 Å². The fraction of sp³-hybridized carbons (Fsp3) is 0.833. The summed E-state index contributed by atoms with van der Waals surface area (Å²) in [6.45, 7) is 5.63. The number of nitrogens with one attached hydrogen (secondary N) is 1. The molecule has 1 N–H and O–H groups in total. The van der Waals surface area contributed by atoms with Crippen molar-refractivity contribution < 1.29 is 0 Å². The predicted molar refractivity (Wildman–Crippen MR) is 64.1 cm³/mol. The second-order valence-electron chi connectivity index (χ2n) is 5.28. The van der Waals surface area contributed by atoms with E-state index in [4.69, 9.17) is 0 Å². The number of nitrogens with zero attached hydrogens (tertiary/aromatic N) is 3. The zero-order valence-corrected chi connectivity index (χ0v) is 10.5. The van der Waals surface area contributed by atoms with E-state index < -0.39 is 0 Å². The van der Waals surface area contributed by atoms with Crippen LogP contribution in [0.25, 0.3) is 0 Å². The van der Waals surface area contributed by atoms with Gasteiger partial charge in [-0.3, -0.25) is 4.68 Å². The Balaban J connectivity index is 1.97. The topological polar surface area (TPSA) is 42.7 Å². The molecule has 0 aliphatic heterocycles. The van der Waals surface area contributed by atoms with E-state index in [0.717, 1.165) is 18.8 Å². The molecule has 0 amide bonds. The third-order valence-corrected chi connectivity index (χ3v) is 3.72. The van der Waals surface area contributed by atoms with Gasteiger partial charge in [0.2, 0.25) is 0 Å². The minimum atomic E-state index is 0.396. The highest BCUT2D eigenvalue weighted by atomic mass is 15.3. The Morgan fingerprint density at radius 3 is 3.06 bits per heavy atom. The van der Waals surface area contributed by atoms with Gasteiger partial charge < -0.3 is 5.32 Å². The van der Waals surface area contributed by atoms with E-state index in [1.807, 2.05) is 11.7 Å². The quantitative estimate of drug-likeness (QED) is 0.840. The van der Waals surface area contributed by atoms with Crippen LogP contribution in [0.3, 0.4) is 0 Å². The highest BCUT2D eigenvalue weighted by Crippen LogP contribution is 2.40. The maximum Gasteiger partial charge on any atom is 0.138 e. The van der Waals surface area contributed by atoms with E-state index in [9.17, 15) is 0 Å². The molecule has 1 heterocycles. The van der Waals surface area contributed by atoms with Gasteiger partial charge in [-0.1, -0.05) is 13.8 Å². The molecule has 2 unspecified atom stereocenters. The second kappa shape index (κ2) is 4.53. The van der Waals surface area contributed by atoms with Crippen molar-refractivity contribution in [2.45, 2.75) is 45.6 Å². The van der Waals surface area contributed by atoms with Crippen molar-refractivity contribution in [2.24, 2.45) is 12.5 Å². The molecular weight excluding hydrogens is 200 g/mol. The van der Waals surface area contributed by atoms with Crippen molar-refractivity contribution in [1.82, 2.24) is 20.1 Å². The SMILES string of the molecule is CCNC1CCC(C)(Cc2ncnn2C)C1. The van der Waals surface area contributed by atoms with E-state index in [1.54, 1.807) is 6.33 Å². The lowest BCUT2D eigenvalue weighted by Crippen LogP contribution is -2.28. The molecule has 0 bridgehead atoms. The maximum atomic E-state index is 4.33. The first-order valence-corrected chi connectivity index (χ1v) is 6.19. The Hall–Kier alpha value is -0.900. The number of rotatable bonds is 4. The van der Waals surface area contributed by atoms with E-state index in [2.05, 4.69) is 29.2 Å². The number of hydrogen-bond acceptors (Lipinski definition) is 3. The molecule has 2 atom stereocenters. The third kappa shape index (κ3) is 2.43. The van der Waals surface area contributed by atoms with Crippen LogP contribution in [-0.2, 0) is 13.5 Å². The van der Waals surface area contributed by atoms with Crippen LogP contribution in [-0.4, -0.2) is 27.4 Å². The Bertz CT molecular complexity index is 347. The summed E-state index contributed by atoms with van der Waals surface area (Å²) in [7, 11) is 1.97. The van der Waals surface area contributed by atoms with Gasteiger partial charge in [-0.05, 0) is 31.2 Å². The van der Waals surface area contributed by atoms with Crippen LogP contribution in [0.4, 0.5) is 0 Å². The van der Waals surface area contributed by atoms with Gasteiger partial charge in [-0.15, -0.1) is 0 Å². The fourth-order valence-corrected chi connectivity index (χ4v) is 2.81. The zero-order chi connectivity index (χ0) is 11.6. The lowest BCUT2D eigenvalue weighted by Gasteiger charge is -2.23. The number of hydrogen-bond donors (Lipinski definition) is 1. The summed E-state index contributed by atoms with van der Waals surface area (Å²) in [5, 5.41) is 7.69. The molecule has 1 aromatic heterocycles. The van der Waals surface area contributed by atoms with E-state index in [-0.39, 0.29) is 0 Å². The van der Waals surface area contributed by atoms with Gasteiger partial charge in [0.05, 0.1) is 0 Å². The van der Waals surface area contributed by atoms with E-state index in [0.29, 0.717) is 11.5 Å². The summed E-state index contributed by atoms with van der Waals surface area (Å²) < 4.78 is 1.89. The lowest BCUT2D eigenvalue weighted by molar-refractivity contribution is 0.311. The molecule has 1 fully saturated rings. The first-order valence-electron chi connectivity index (χ1n) is 6.19. The van der Waals surface area contributed by atoms with Crippen LogP contribution in [0.15, 0.2) is 6.33 Å². The van der Waals surface area contributed by atoms with Crippen LogP contribution in [0.1, 0.15) is 38.9 Å². The van der Waals surface area contributed by atoms with E-state index in [1.165, 1.54) is 19.3 Å². The van der Waals surface area contributed by atoms with Crippen LogP contribution < -0.4 is 5.32 Å². The molecule has 1 aliphatic carbocycles. The summed E-state index contributed by atoms with van der Waals surface area (Å²) in [5.41, 5.74) is 0.396. The molecule has 0 aromatic carbocycles. The molecule has 1 aliphatic rings. The summed E-state index contributed by atoms with van der Waals surface area (Å²) >= 11 is 0. The Kier molecular flexibility index (Phi) is 3.28. The van der Waals surface area contributed by atoms with Crippen LogP contribution in [0.5, 0.6) is 0 Å². The molecule has 2 rings (SSSR count).